The lowest BCUT2D eigenvalue weighted by molar-refractivity contribution is -0.144. The molecule has 1 rings (SSSR count). The van der Waals surface area contributed by atoms with E-state index in [4.69, 9.17) is 10.5 Å². The summed E-state index contributed by atoms with van der Waals surface area (Å²) in [5.41, 5.74) is 7.26. The average molecular weight is 263 g/mol. The lowest BCUT2D eigenvalue weighted by Gasteiger charge is -2.14. The molecule has 0 spiro atoms. The van der Waals surface area contributed by atoms with Crippen LogP contribution in [-0.4, -0.2) is 12.6 Å². The molecule has 0 saturated heterocycles. The molecule has 0 aliphatic heterocycles. The van der Waals surface area contributed by atoms with E-state index in [1.807, 2.05) is 12.1 Å². The zero-order valence-corrected chi connectivity index (χ0v) is 12.0. The quantitative estimate of drug-likeness (QED) is 0.576. The predicted molar refractivity (Wildman–Crippen MR) is 78.8 cm³/mol. The minimum atomic E-state index is -0.153. The van der Waals surface area contributed by atoms with E-state index in [-0.39, 0.29) is 5.97 Å². The third-order valence-corrected chi connectivity index (χ3v) is 3.35. The van der Waals surface area contributed by atoms with Gasteiger partial charge in [0.1, 0.15) is 0 Å². The minimum absolute atomic E-state index is 0.153. The number of anilines is 1. The van der Waals surface area contributed by atoms with Gasteiger partial charge in [-0.15, -0.1) is 0 Å². The first kappa shape index (κ1) is 15.5. The number of nitrogens with two attached hydrogens (primary N) is 1. The molecular weight excluding hydrogens is 238 g/mol. The van der Waals surface area contributed by atoms with Gasteiger partial charge in [-0.1, -0.05) is 45.2 Å². The van der Waals surface area contributed by atoms with Crippen molar-refractivity contribution < 1.29 is 9.53 Å². The summed E-state index contributed by atoms with van der Waals surface area (Å²) < 4.78 is 5.36. The maximum Gasteiger partial charge on any atom is 0.310 e. The van der Waals surface area contributed by atoms with Gasteiger partial charge >= 0.3 is 5.97 Å². The summed E-state index contributed by atoms with van der Waals surface area (Å²) in [4.78, 5) is 11.7. The summed E-state index contributed by atoms with van der Waals surface area (Å²) in [7, 11) is 0. The molecule has 1 aromatic rings. The van der Waals surface area contributed by atoms with Crippen molar-refractivity contribution >= 4 is 11.7 Å². The van der Waals surface area contributed by atoms with Gasteiger partial charge in [0.15, 0.2) is 0 Å². The Hall–Kier alpha value is -1.51. The largest absolute Gasteiger partial charge is 0.465 e. The summed E-state index contributed by atoms with van der Waals surface area (Å²) in [6.07, 6.45) is 4.92. The number of ether oxygens (including phenoxy) is 1. The first-order valence-electron chi connectivity index (χ1n) is 7.15. The number of hydrogen-bond donors (Lipinski definition) is 1. The Labute approximate surface area is 116 Å². The number of carbonyl (C=O) groups is 1. The van der Waals surface area contributed by atoms with Gasteiger partial charge in [-0.25, -0.2) is 0 Å². The zero-order chi connectivity index (χ0) is 14.1. The Kier molecular flexibility index (Phi) is 7.01. The Morgan fingerprint density at radius 2 is 1.95 bits per heavy atom. The van der Waals surface area contributed by atoms with Gasteiger partial charge in [-0.3, -0.25) is 4.79 Å². The van der Waals surface area contributed by atoms with E-state index >= 15 is 0 Å². The van der Waals surface area contributed by atoms with Crippen molar-refractivity contribution in [2.75, 3.05) is 12.3 Å². The molecule has 0 bridgehead atoms. The molecule has 0 fully saturated rings. The maximum absolute atomic E-state index is 11.7. The highest BCUT2D eigenvalue weighted by molar-refractivity contribution is 5.72. The average Bonchev–Trinajstić information content (AvgIpc) is 2.42. The van der Waals surface area contributed by atoms with Crippen LogP contribution in [0.1, 0.15) is 45.1 Å². The van der Waals surface area contributed by atoms with Crippen molar-refractivity contribution in [1.29, 1.82) is 0 Å². The maximum atomic E-state index is 11.7. The fraction of sp³-hybridized carbons (Fsp3) is 0.562. The van der Waals surface area contributed by atoms with Gasteiger partial charge in [0.2, 0.25) is 0 Å². The third-order valence-electron chi connectivity index (χ3n) is 3.35. The van der Waals surface area contributed by atoms with Crippen molar-refractivity contribution in [3.05, 3.63) is 29.8 Å². The van der Waals surface area contributed by atoms with Crippen LogP contribution in [0.15, 0.2) is 24.3 Å². The van der Waals surface area contributed by atoms with Crippen LogP contribution >= 0.6 is 0 Å². The van der Waals surface area contributed by atoms with Crippen LogP contribution < -0.4 is 5.73 Å². The molecule has 0 heterocycles. The van der Waals surface area contributed by atoms with Crippen LogP contribution in [0.2, 0.25) is 0 Å². The summed E-state index contributed by atoms with van der Waals surface area (Å²) in [6.45, 7) is 4.87. The van der Waals surface area contributed by atoms with E-state index in [1.165, 1.54) is 12.8 Å². The third kappa shape index (κ3) is 6.27. The van der Waals surface area contributed by atoms with E-state index in [9.17, 15) is 4.79 Å². The summed E-state index contributed by atoms with van der Waals surface area (Å²) >= 11 is 0. The van der Waals surface area contributed by atoms with Crippen LogP contribution in [0.5, 0.6) is 0 Å². The lowest BCUT2D eigenvalue weighted by Crippen LogP contribution is -2.15. The summed E-state index contributed by atoms with van der Waals surface area (Å²) in [6, 6.07) is 7.34. The van der Waals surface area contributed by atoms with Crippen LogP contribution in [0.25, 0.3) is 0 Å². The minimum Gasteiger partial charge on any atom is -0.465 e. The second-order valence-corrected chi connectivity index (χ2v) is 5.02. The van der Waals surface area contributed by atoms with E-state index < -0.39 is 0 Å². The van der Waals surface area contributed by atoms with Crippen molar-refractivity contribution in [3.63, 3.8) is 0 Å². The highest BCUT2D eigenvalue weighted by atomic mass is 16.5. The number of carbonyl (C=O) groups excluding carboxylic acids is 1. The SMILES string of the molecule is CCCCC(CC)COC(=O)Cc1ccc(N)cc1. The van der Waals surface area contributed by atoms with Crippen LogP contribution in [0.3, 0.4) is 0 Å². The summed E-state index contributed by atoms with van der Waals surface area (Å²) in [5, 5.41) is 0. The molecule has 19 heavy (non-hydrogen) atoms. The molecule has 3 heteroatoms. The van der Waals surface area contributed by atoms with Gasteiger partial charge in [-0.2, -0.15) is 0 Å². The number of unbranched alkanes of at least 4 members (excludes halogenated alkanes) is 1. The molecule has 0 amide bonds. The fourth-order valence-corrected chi connectivity index (χ4v) is 1.96. The first-order valence-corrected chi connectivity index (χ1v) is 7.15. The molecule has 2 N–H and O–H groups in total. The van der Waals surface area contributed by atoms with E-state index in [2.05, 4.69) is 13.8 Å². The Bertz CT molecular complexity index is 373. The highest BCUT2D eigenvalue weighted by Gasteiger charge is 2.10. The van der Waals surface area contributed by atoms with Crippen molar-refractivity contribution in [3.8, 4) is 0 Å². The molecule has 3 nitrogen and oxygen atoms in total. The van der Waals surface area contributed by atoms with E-state index in [0.717, 1.165) is 18.4 Å². The van der Waals surface area contributed by atoms with Crippen LogP contribution in [0.4, 0.5) is 5.69 Å². The van der Waals surface area contributed by atoms with E-state index in [0.29, 0.717) is 24.6 Å². The molecule has 0 aliphatic carbocycles. The normalized spacial score (nSPS) is 12.1. The van der Waals surface area contributed by atoms with Crippen LogP contribution in [0, 0.1) is 5.92 Å². The van der Waals surface area contributed by atoms with Crippen molar-refractivity contribution in [2.24, 2.45) is 5.92 Å². The highest BCUT2D eigenvalue weighted by Crippen LogP contribution is 2.13. The zero-order valence-electron chi connectivity index (χ0n) is 12.0. The van der Waals surface area contributed by atoms with Crippen LogP contribution in [-0.2, 0) is 16.0 Å². The number of hydrogen-bond acceptors (Lipinski definition) is 3. The molecule has 0 saturated carbocycles. The topological polar surface area (TPSA) is 52.3 Å². The second kappa shape index (κ2) is 8.57. The first-order chi connectivity index (χ1) is 9.15. The van der Waals surface area contributed by atoms with Gasteiger partial charge in [0, 0.05) is 5.69 Å². The molecule has 0 aliphatic rings. The van der Waals surface area contributed by atoms with Gasteiger partial charge in [-0.05, 0) is 30.0 Å². The van der Waals surface area contributed by atoms with Gasteiger partial charge in [0.05, 0.1) is 13.0 Å². The molecule has 1 unspecified atom stereocenters. The number of rotatable bonds is 8. The Morgan fingerprint density at radius 1 is 1.26 bits per heavy atom. The second-order valence-electron chi connectivity index (χ2n) is 5.02. The Balaban J connectivity index is 2.32. The molecule has 106 valence electrons. The predicted octanol–water partition coefficient (Wildman–Crippen LogP) is 3.57. The van der Waals surface area contributed by atoms with Gasteiger partial charge < -0.3 is 10.5 Å². The monoisotopic (exact) mass is 263 g/mol. The van der Waals surface area contributed by atoms with E-state index in [1.54, 1.807) is 12.1 Å². The summed E-state index contributed by atoms with van der Waals surface area (Å²) in [5.74, 6) is 0.343. The molecule has 1 aromatic carbocycles. The molecule has 1 atom stereocenters. The molecular formula is C16H25NO2. The standard InChI is InChI=1S/C16H25NO2/c1-3-5-6-13(4-2)12-19-16(18)11-14-7-9-15(17)10-8-14/h7-10,13H,3-6,11-12,17H2,1-2H3. The number of esters is 1. The van der Waals surface area contributed by atoms with Crippen molar-refractivity contribution in [2.45, 2.75) is 46.0 Å². The number of nitrogen functional groups attached to an aromatic ring is 1. The fourth-order valence-electron chi connectivity index (χ4n) is 1.96. The smallest absolute Gasteiger partial charge is 0.310 e. The van der Waals surface area contributed by atoms with Crippen molar-refractivity contribution in [1.82, 2.24) is 0 Å². The van der Waals surface area contributed by atoms with Gasteiger partial charge in [0.25, 0.3) is 0 Å². The Morgan fingerprint density at radius 3 is 2.53 bits per heavy atom. The lowest BCUT2D eigenvalue weighted by atomic mass is 10.0. The molecule has 0 aromatic heterocycles. The molecule has 0 radical (unpaired) electrons. The number of benzene rings is 1.